The van der Waals surface area contributed by atoms with Gasteiger partial charge in [-0.1, -0.05) is 50.2 Å². The number of anilines is 1. The van der Waals surface area contributed by atoms with Crippen LogP contribution in [0.25, 0.3) is 11.1 Å². The van der Waals surface area contributed by atoms with E-state index in [0.29, 0.717) is 23.7 Å². The topological polar surface area (TPSA) is 71.6 Å². The van der Waals surface area contributed by atoms with Crippen LogP contribution in [-0.4, -0.2) is 51.7 Å². The van der Waals surface area contributed by atoms with Crippen LogP contribution in [0.5, 0.6) is 11.5 Å². The Kier molecular flexibility index (Phi) is 11.8. The summed E-state index contributed by atoms with van der Waals surface area (Å²) in [6, 6.07) is 16.4. The van der Waals surface area contributed by atoms with Gasteiger partial charge < -0.3 is 20.1 Å². The van der Waals surface area contributed by atoms with Crippen LogP contribution in [0.15, 0.2) is 71.6 Å². The molecule has 0 saturated carbocycles. The number of methoxy groups -OCH3 is 2. The van der Waals surface area contributed by atoms with Crippen molar-refractivity contribution in [2.24, 2.45) is 5.92 Å². The van der Waals surface area contributed by atoms with Gasteiger partial charge in [-0.2, -0.15) is 13.2 Å². The van der Waals surface area contributed by atoms with Gasteiger partial charge in [-0.3, -0.25) is 10.1 Å². The summed E-state index contributed by atoms with van der Waals surface area (Å²) in [7, 11) is 3.10. The average molecular weight is 590 g/mol. The Morgan fingerprint density at radius 2 is 1.54 bits per heavy atom. The van der Waals surface area contributed by atoms with E-state index in [0.717, 1.165) is 16.0 Å². The summed E-state index contributed by atoms with van der Waals surface area (Å²) < 4.78 is 53.4. The Morgan fingerprint density at radius 1 is 0.902 bits per heavy atom. The smallest absolute Gasteiger partial charge is 0.407 e. The van der Waals surface area contributed by atoms with Gasteiger partial charge in [0.2, 0.25) is 5.91 Å². The number of carbonyl (C=O) groups excluding carboxylic acids is 1. The van der Waals surface area contributed by atoms with Crippen molar-refractivity contribution in [3.63, 3.8) is 0 Å². The van der Waals surface area contributed by atoms with Gasteiger partial charge in [0, 0.05) is 24.1 Å². The highest BCUT2D eigenvalue weighted by Crippen LogP contribution is 2.35. The zero-order chi connectivity index (χ0) is 30.0. The van der Waals surface area contributed by atoms with Gasteiger partial charge >= 0.3 is 6.18 Å². The molecule has 0 bridgehead atoms. The lowest BCUT2D eigenvalue weighted by Gasteiger charge is -2.28. The fraction of sp³-hybridized carbons (Fsp3) is 0.387. The van der Waals surface area contributed by atoms with E-state index in [1.165, 1.54) is 19.2 Å². The largest absolute Gasteiger partial charge is 0.497 e. The molecule has 2 atom stereocenters. The van der Waals surface area contributed by atoms with Gasteiger partial charge in [-0.15, -0.1) is 11.8 Å². The van der Waals surface area contributed by atoms with Gasteiger partial charge in [-0.05, 0) is 59.6 Å². The third-order valence-corrected chi connectivity index (χ3v) is 7.28. The van der Waals surface area contributed by atoms with E-state index in [9.17, 15) is 18.0 Å². The molecule has 2 unspecified atom stereocenters. The maximum atomic E-state index is 14.3. The molecule has 222 valence electrons. The van der Waals surface area contributed by atoms with Gasteiger partial charge in [0.05, 0.1) is 25.9 Å². The summed E-state index contributed by atoms with van der Waals surface area (Å²) in [5, 5.41) is 8.55. The lowest BCUT2D eigenvalue weighted by Crippen LogP contribution is -2.50. The van der Waals surface area contributed by atoms with E-state index < -0.39 is 24.2 Å². The minimum absolute atomic E-state index is 0.000417. The summed E-state index contributed by atoms with van der Waals surface area (Å²) in [6.07, 6.45) is -2.36. The second-order valence-electron chi connectivity index (χ2n) is 9.96. The van der Waals surface area contributed by atoms with Crippen molar-refractivity contribution in [1.29, 1.82) is 0 Å². The van der Waals surface area contributed by atoms with Crippen LogP contribution in [0.4, 0.5) is 18.9 Å². The number of benzene rings is 3. The SMILES string of the molecule is COc1ccc(NCCNC(=O)C(CC(C)C)NC(c2ccc(-c3ccc(SC)cc3)cc2)C(F)(F)F)c(OC)c1. The Hall–Kier alpha value is -3.37. The van der Waals surface area contributed by atoms with Crippen LogP contribution in [0.3, 0.4) is 0 Å². The molecule has 41 heavy (non-hydrogen) atoms. The first-order valence-electron chi connectivity index (χ1n) is 13.4. The number of rotatable bonds is 14. The third-order valence-electron chi connectivity index (χ3n) is 6.53. The van der Waals surface area contributed by atoms with Crippen molar-refractivity contribution < 1.29 is 27.4 Å². The van der Waals surface area contributed by atoms with E-state index in [1.807, 2.05) is 44.4 Å². The minimum atomic E-state index is -4.59. The molecule has 3 rings (SSSR count). The van der Waals surface area contributed by atoms with E-state index >= 15 is 0 Å². The number of carbonyl (C=O) groups is 1. The molecule has 3 aromatic rings. The lowest BCUT2D eigenvalue weighted by molar-refractivity contribution is -0.161. The number of hydrogen-bond acceptors (Lipinski definition) is 6. The first-order valence-corrected chi connectivity index (χ1v) is 14.6. The molecule has 0 spiro atoms. The number of amides is 1. The number of ether oxygens (including phenoxy) is 2. The highest BCUT2D eigenvalue weighted by atomic mass is 32.2. The maximum Gasteiger partial charge on any atom is 0.407 e. The molecule has 6 nitrogen and oxygen atoms in total. The number of halogens is 3. The zero-order valence-electron chi connectivity index (χ0n) is 24.0. The van der Waals surface area contributed by atoms with Crippen LogP contribution in [-0.2, 0) is 4.79 Å². The Balaban J connectivity index is 1.68. The number of nitrogens with one attached hydrogen (secondary N) is 3. The molecule has 1 amide bonds. The summed E-state index contributed by atoms with van der Waals surface area (Å²) in [4.78, 5) is 14.2. The van der Waals surface area contributed by atoms with Crippen molar-refractivity contribution in [3.8, 4) is 22.6 Å². The predicted octanol–water partition coefficient (Wildman–Crippen LogP) is 6.93. The van der Waals surface area contributed by atoms with Crippen molar-refractivity contribution in [2.75, 3.05) is 38.9 Å². The molecular formula is C31H38F3N3O3S. The highest BCUT2D eigenvalue weighted by molar-refractivity contribution is 7.98. The molecule has 3 aromatic carbocycles. The average Bonchev–Trinajstić information content (AvgIpc) is 2.96. The second kappa shape index (κ2) is 15.0. The molecular weight excluding hydrogens is 551 g/mol. The Bertz CT molecular complexity index is 1250. The van der Waals surface area contributed by atoms with Crippen molar-refractivity contribution in [2.45, 2.75) is 43.4 Å². The van der Waals surface area contributed by atoms with Crippen LogP contribution < -0.4 is 25.4 Å². The van der Waals surface area contributed by atoms with E-state index in [2.05, 4.69) is 16.0 Å². The normalized spacial score (nSPS) is 13.0. The van der Waals surface area contributed by atoms with Crippen molar-refractivity contribution in [1.82, 2.24) is 10.6 Å². The predicted molar refractivity (Wildman–Crippen MR) is 160 cm³/mol. The Labute approximate surface area is 244 Å². The molecule has 0 heterocycles. The Morgan fingerprint density at radius 3 is 2.07 bits per heavy atom. The monoisotopic (exact) mass is 589 g/mol. The molecule has 0 aliphatic carbocycles. The second-order valence-corrected chi connectivity index (χ2v) is 10.8. The number of alkyl halides is 3. The van der Waals surface area contributed by atoms with Crippen molar-refractivity contribution in [3.05, 3.63) is 72.3 Å². The maximum absolute atomic E-state index is 14.3. The van der Waals surface area contributed by atoms with Gasteiger partial charge in [0.25, 0.3) is 0 Å². The number of thioether (sulfide) groups is 1. The molecule has 0 aromatic heterocycles. The standard InChI is InChI=1S/C31H38F3N3O3S/c1-20(2)18-27(30(38)36-17-16-35-26-15-12-24(39-3)19-28(26)40-4)37-29(31(32,33)34)23-8-6-21(7-9-23)22-10-13-25(41-5)14-11-22/h6-15,19-20,27,29,35,37H,16-18H2,1-5H3,(H,36,38). The van der Waals surface area contributed by atoms with E-state index in [4.69, 9.17) is 9.47 Å². The lowest BCUT2D eigenvalue weighted by atomic mass is 9.97. The molecule has 3 N–H and O–H groups in total. The minimum Gasteiger partial charge on any atom is -0.497 e. The molecule has 0 saturated heterocycles. The van der Waals surface area contributed by atoms with Gasteiger partial charge in [-0.25, -0.2) is 0 Å². The summed E-state index contributed by atoms with van der Waals surface area (Å²) in [5.41, 5.74) is 2.50. The zero-order valence-corrected chi connectivity index (χ0v) is 24.8. The molecule has 0 aliphatic rings. The fourth-order valence-electron chi connectivity index (χ4n) is 4.41. The van der Waals surface area contributed by atoms with Crippen LogP contribution in [0.2, 0.25) is 0 Å². The van der Waals surface area contributed by atoms with E-state index in [1.54, 1.807) is 49.2 Å². The molecule has 10 heteroatoms. The third kappa shape index (κ3) is 9.33. The van der Waals surface area contributed by atoms with Crippen LogP contribution in [0, 0.1) is 5.92 Å². The van der Waals surface area contributed by atoms with Crippen LogP contribution in [0.1, 0.15) is 31.9 Å². The summed E-state index contributed by atoms with van der Waals surface area (Å²) in [6.45, 7) is 4.31. The first-order chi connectivity index (χ1) is 19.5. The summed E-state index contributed by atoms with van der Waals surface area (Å²) in [5.74, 6) is 0.732. The van der Waals surface area contributed by atoms with E-state index in [-0.39, 0.29) is 24.4 Å². The molecule has 0 radical (unpaired) electrons. The molecule has 0 aliphatic heterocycles. The number of hydrogen-bond donors (Lipinski definition) is 3. The molecule has 0 fully saturated rings. The van der Waals surface area contributed by atoms with Crippen molar-refractivity contribution >= 4 is 23.4 Å². The first kappa shape index (κ1) is 32.1. The summed E-state index contributed by atoms with van der Waals surface area (Å²) >= 11 is 1.62. The fourth-order valence-corrected chi connectivity index (χ4v) is 4.81. The van der Waals surface area contributed by atoms with Gasteiger partial charge in [0.15, 0.2) is 0 Å². The van der Waals surface area contributed by atoms with Crippen LogP contribution >= 0.6 is 11.8 Å². The van der Waals surface area contributed by atoms with Gasteiger partial charge in [0.1, 0.15) is 17.5 Å². The highest BCUT2D eigenvalue weighted by Gasteiger charge is 2.42. The quantitative estimate of drug-likeness (QED) is 0.140.